The Balaban J connectivity index is 2.54. The van der Waals surface area contributed by atoms with E-state index in [0.717, 1.165) is 11.3 Å². The predicted molar refractivity (Wildman–Crippen MR) is 57.0 cm³/mol. The monoisotopic (exact) mass is 268 g/mol. The second-order valence-corrected chi connectivity index (χ2v) is 4.71. The molecule has 0 bridgehead atoms. The van der Waals surface area contributed by atoms with Gasteiger partial charge in [-0.3, -0.25) is 14.4 Å². The number of primary amides is 1. The molecule has 0 aliphatic carbocycles. The fourth-order valence-electron chi connectivity index (χ4n) is 0.723. The number of halogens is 2. The van der Waals surface area contributed by atoms with Crippen LogP contribution in [0.1, 0.15) is 10.4 Å². The van der Waals surface area contributed by atoms with Crippen molar-refractivity contribution >= 4 is 46.4 Å². The van der Waals surface area contributed by atoms with Gasteiger partial charge in [-0.05, 0) is 6.07 Å². The molecule has 1 heterocycles. The van der Waals surface area contributed by atoms with E-state index >= 15 is 0 Å². The van der Waals surface area contributed by atoms with E-state index in [0.29, 0.717) is 4.34 Å². The van der Waals surface area contributed by atoms with Crippen molar-refractivity contribution in [2.24, 2.45) is 5.73 Å². The standard InChI is InChI=1S/C7H6Cl2N2O3S/c8-4-1-3(6(9)15-4)7(13)11-14-2-5(10)12/h1H,2H2,(H2,10,12)(H,11,13). The SMILES string of the molecule is NC(=O)CONC(=O)c1cc(Cl)sc1Cl. The summed E-state index contributed by atoms with van der Waals surface area (Å²) in [6.07, 6.45) is 0. The Labute approximate surface area is 99.1 Å². The van der Waals surface area contributed by atoms with E-state index in [1.807, 2.05) is 5.48 Å². The van der Waals surface area contributed by atoms with Gasteiger partial charge in [0.05, 0.1) is 9.90 Å². The van der Waals surface area contributed by atoms with E-state index in [4.69, 9.17) is 28.9 Å². The Morgan fingerprint density at radius 3 is 2.67 bits per heavy atom. The lowest BCUT2D eigenvalue weighted by atomic mass is 10.3. The Bertz CT molecular complexity index is 394. The number of carbonyl (C=O) groups excluding carboxylic acids is 2. The van der Waals surface area contributed by atoms with Crippen molar-refractivity contribution in [1.29, 1.82) is 0 Å². The molecule has 0 spiro atoms. The summed E-state index contributed by atoms with van der Waals surface area (Å²) in [4.78, 5) is 26.1. The third-order valence-corrected chi connectivity index (χ3v) is 2.77. The van der Waals surface area contributed by atoms with Gasteiger partial charge in [-0.15, -0.1) is 11.3 Å². The summed E-state index contributed by atoms with van der Waals surface area (Å²) in [5.41, 5.74) is 6.99. The normalized spacial score (nSPS) is 10.0. The van der Waals surface area contributed by atoms with Gasteiger partial charge in [-0.1, -0.05) is 23.2 Å². The second kappa shape index (κ2) is 5.32. The minimum Gasteiger partial charge on any atom is -0.368 e. The molecule has 0 saturated heterocycles. The molecule has 82 valence electrons. The molecule has 1 aromatic rings. The van der Waals surface area contributed by atoms with Gasteiger partial charge in [0.2, 0.25) is 5.91 Å². The number of rotatable bonds is 4. The summed E-state index contributed by atoms with van der Waals surface area (Å²) >= 11 is 12.4. The molecule has 2 amide bonds. The highest BCUT2D eigenvalue weighted by atomic mass is 35.5. The third kappa shape index (κ3) is 3.67. The highest BCUT2D eigenvalue weighted by Gasteiger charge is 2.14. The largest absolute Gasteiger partial charge is 0.368 e. The van der Waals surface area contributed by atoms with E-state index < -0.39 is 18.4 Å². The number of hydroxylamine groups is 1. The molecular weight excluding hydrogens is 263 g/mol. The van der Waals surface area contributed by atoms with Crippen LogP contribution in [0.5, 0.6) is 0 Å². The molecule has 15 heavy (non-hydrogen) atoms. The maximum atomic E-state index is 11.3. The van der Waals surface area contributed by atoms with Gasteiger partial charge in [0.15, 0.2) is 6.61 Å². The van der Waals surface area contributed by atoms with Gasteiger partial charge in [0, 0.05) is 0 Å². The lowest BCUT2D eigenvalue weighted by molar-refractivity contribution is -0.124. The number of nitrogens with two attached hydrogens (primary N) is 1. The minimum atomic E-state index is -0.690. The van der Waals surface area contributed by atoms with E-state index in [9.17, 15) is 9.59 Å². The average Bonchev–Trinajstić information content (AvgIpc) is 2.44. The van der Waals surface area contributed by atoms with Crippen LogP contribution in [0.2, 0.25) is 8.67 Å². The van der Waals surface area contributed by atoms with Gasteiger partial charge in [-0.25, -0.2) is 5.48 Å². The highest BCUT2D eigenvalue weighted by Crippen LogP contribution is 2.30. The molecule has 0 fully saturated rings. The summed E-state index contributed by atoms with van der Waals surface area (Å²) in [7, 11) is 0. The van der Waals surface area contributed by atoms with Crippen LogP contribution >= 0.6 is 34.5 Å². The maximum absolute atomic E-state index is 11.3. The molecule has 0 aliphatic heterocycles. The topological polar surface area (TPSA) is 81.4 Å². The number of carbonyl (C=O) groups is 2. The van der Waals surface area contributed by atoms with Crippen molar-refractivity contribution in [3.63, 3.8) is 0 Å². The molecule has 0 unspecified atom stereocenters. The van der Waals surface area contributed by atoms with Crippen molar-refractivity contribution in [1.82, 2.24) is 5.48 Å². The summed E-state index contributed by atoms with van der Waals surface area (Å²) in [5.74, 6) is -1.27. The average molecular weight is 269 g/mol. The van der Waals surface area contributed by atoms with Crippen molar-refractivity contribution < 1.29 is 14.4 Å². The van der Waals surface area contributed by atoms with Crippen molar-refractivity contribution in [3.05, 3.63) is 20.3 Å². The molecule has 1 aromatic heterocycles. The molecule has 8 heteroatoms. The van der Waals surface area contributed by atoms with Crippen molar-refractivity contribution in [2.45, 2.75) is 0 Å². The number of hydrogen-bond acceptors (Lipinski definition) is 4. The van der Waals surface area contributed by atoms with Crippen LogP contribution in [0.4, 0.5) is 0 Å². The van der Waals surface area contributed by atoms with Crippen LogP contribution in [-0.2, 0) is 9.63 Å². The first-order valence-electron chi connectivity index (χ1n) is 3.66. The Morgan fingerprint density at radius 2 is 2.20 bits per heavy atom. The maximum Gasteiger partial charge on any atom is 0.277 e. The fourth-order valence-corrected chi connectivity index (χ4v) is 2.18. The third-order valence-electron chi connectivity index (χ3n) is 1.28. The summed E-state index contributed by atoms with van der Waals surface area (Å²) in [6, 6.07) is 1.40. The predicted octanol–water partition coefficient (Wildman–Crippen LogP) is 1.20. The minimum absolute atomic E-state index is 0.191. The first-order valence-corrected chi connectivity index (χ1v) is 5.23. The second-order valence-electron chi connectivity index (χ2n) is 2.42. The van der Waals surface area contributed by atoms with Crippen LogP contribution in [0, 0.1) is 0 Å². The lowest BCUT2D eigenvalue weighted by Crippen LogP contribution is -2.29. The molecule has 0 saturated carbocycles. The summed E-state index contributed by atoms with van der Waals surface area (Å²) in [6.45, 7) is -0.402. The zero-order valence-corrected chi connectivity index (χ0v) is 9.58. The van der Waals surface area contributed by atoms with Gasteiger partial charge < -0.3 is 5.73 Å². The van der Waals surface area contributed by atoms with Gasteiger partial charge in [-0.2, -0.15) is 0 Å². The smallest absolute Gasteiger partial charge is 0.277 e. The molecule has 3 N–H and O–H groups in total. The van der Waals surface area contributed by atoms with E-state index in [-0.39, 0.29) is 9.90 Å². The van der Waals surface area contributed by atoms with Crippen LogP contribution in [0.3, 0.4) is 0 Å². The van der Waals surface area contributed by atoms with Gasteiger partial charge in [0.1, 0.15) is 4.34 Å². The Morgan fingerprint density at radius 1 is 1.53 bits per heavy atom. The van der Waals surface area contributed by atoms with Crippen molar-refractivity contribution in [3.8, 4) is 0 Å². The molecule has 0 atom stereocenters. The van der Waals surface area contributed by atoms with E-state index in [1.165, 1.54) is 6.07 Å². The number of amides is 2. The van der Waals surface area contributed by atoms with Crippen molar-refractivity contribution in [2.75, 3.05) is 6.61 Å². The molecular formula is C7H6Cl2N2O3S. The zero-order chi connectivity index (χ0) is 11.4. The molecule has 5 nitrogen and oxygen atoms in total. The molecule has 0 aromatic carbocycles. The first kappa shape index (κ1) is 12.3. The van der Waals surface area contributed by atoms with E-state index in [1.54, 1.807) is 0 Å². The number of thiophene rings is 1. The fraction of sp³-hybridized carbons (Fsp3) is 0.143. The zero-order valence-electron chi connectivity index (χ0n) is 7.25. The molecule has 1 rings (SSSR count). The van der Waals surface area contributed by atoms with Crippen LogP contribution in [0.25, 0.3) is 0 Å². The highest BCUT2D eigenvalue weighted by molar-refractivity contribution is 7.20. The van der Waals surface area contributed by atoms with Crippen LogP contribution < -0.4 is 11.2 Å². The quantitative estimate of drug-likeness (QED) is 0.806. The Hall–Kier alpha value is -0.820. The van der Waals surface area contributed by atoms with Gasteiger partial charge >= 0.3 is 0 Å². The number of nitrogens with one attached hydrogen (secondary N) is 1. The first-order chi connectivity index (χ1) is 7.00. The molecule has 0 aliphatic rings. The van der Waals surface area contributed by atoms with E-state index in [2.05, 4.69) is 4.84 Å². The van der Waals surface area contributed by atoms with Gasteiger partial charge in [0.25, 0.3) is 5.91 Å². The summed E-state index contributed by atoms with van der Waals surface area (Å²) in [5, 5.41) is 0. The summed E-state index contributed by atoms with van der Waals surface area (Å²) < 4.78 is 0.639. The van der Waals surface area contributed by atoms with Crippen LogP contribution in [0.15, 0.2) is 6.07 Å². The molecule has 0 radical (unpaired) electrons. The Kier molecular flexibility index (Phi) is 4.34. The number of hydrogen-bond donors (Lipinski definition) is 2. The van der Waals surface area contributed by atoms with Crippen LogP contribution in [-0.4, -0.2) is 18.4 Å². The lowest BCUT2D eigenvalue weighted by Gasteiger charge is -2.02.